The van der Waals surface area contributed by atoms with E-state index in [1.165, 1.54) is 6.42 Å². The molecule has 0 aromatic carbocycles. The number of hydrogen-bond donors (Lipinski definition) is 2. The first-order valence-corrected chi connectivity index (χ1v) is 3.87. The van der Waals surface area contributed by atoms with Gasteiger partial charge in [0, 0.05) is 17.7 Å². The molecule has 0 spiro atoms. The molecule has 3 heteroatoms. The molecular weight excluding hydrogens is 142 g/mol. The molecule has 1 aliphatic rings. The first-order valence-electron chi connectivity index (χ1n) is 3.87. The highest BCUT2D eigenvalue weighted by molar-refractivity contribution is 5.20. The summed E-state index contributed by atoms with van der Waals surface area (Å²) in [6, 6.07) is 2.06. The van der Waals surface area contributed by atoms with Crippen LogP contribution in [0.25, 0.3) is 0 Å². The summed E-state index contributed by atoms with van der Waals surface area (Å²) in [5.41, 5.74) is 1.06. The smallest absolute Gasteiger partial charge is 0.282 e. The topological polar surface area (TPSA) is 45.4 Å². The van der Waals surface area contributed by atoms with E-state index < -0.39 is 0 Å². The second-order valence-electron chi connectivity index (χ2n) is 2.87. The fourth-order valence-electron chi connectivity index (χ4n) is 1.49. The average Bonchev–Trinajstić information content (AvgIpc) is 2.55. The average molecular weight is 153 g/mol. The van der Waals surface area contributed by atoms with Crippen molar-refractivity contribution in [1.82, 2.24) is 5.32 Å². The van der Waals surface area contributed by atoms with Crippen LogP contribution >= 0.6 is 0 Å². The lowest BCUT2D eigenvalue weighted by molar-refractivity contribution is 0.332. The van der Waals surface area contributed by atoms with E-state index in [0.29, 0.717) is 6.04 Å². The van der Waals surface area contributed by atoms with Crippen molar-refractivity contribution in [2.75, 3.05) is 6.54 Å². The van der Waals surface area contributed by atoms with Crippen molar-refractivity contribution in [3.63, 3.8) is 0 Å². The molecule has 0 saturated carbocycles. The van der Waals surface area contributed by atoms with Gasteiger partial charge in [0.25, 0.3) is 5.95 Å². The highest BCUT2D eigenvalue weighted by Gasteiger charge is 2.17. The first-order chi connectivity index (χ1) is 5.36. The molecule has 2 heterocycles. The van der Waals surface area contributed by atoms with E-state index >= 15 is 0 Å². The van der Waals surface area contributed by atoms with Crippen LogP contribution in [0.5, 0.6) is 5.95 Å². The van der Waals surface area contributed by atoms with E-state index in [-0.39, 0.29) is 5.95 Å². The van der Waals surface area contributed by atoms with Gasteiger partial charge in [0.15, 0.2) is 0 Å². The van der Waals surface area contributed by atoms with E-state index in [0.717, 1.165) is 18.5 Å². The number of rotatable bonds is 1. The van der Waals surface area contributed by atoms with Gasteiger partial charge >= 0.3 is 0 Å². The van der Waals surface area contributed by atoms with Crippen LogP contribution in [0.4, 0.5) is 0 Å². The fraction of sp³-hybridized carbons (Fsp3) is 0.500. The van der Waals surface area contributed by atoms with Crippen molar-refractivity contribution < 1.29 is 9.52 Å². The Balaban J connectivity index is 2.15. The Bertz CT molecular complexity index is 238. The Morgan fingerprint density at radius 1 is 1.64 bits per heavy atom. The summed E-state index contributed by atoms with van der Waals surface area (Å²) in [7, 11) is 0. The SMILES string of the molecule is Oc1cc([C@@H]2CCCN2)co1. The molecule has 11 heavy (non-hydrogen) atoms. The third-order valence-corrected chi connectivity index (χ3v) is 2.07. The molecule has 1 aromatic rings. The number of furan rings is 1. The Labute approximate surface area is 65.0 Å². The zero-order chi connectivity index (χ0) is 7.68. The summed E-state index contributed by atoms with van der Waals surface area (Å²) >= 11 is 0. The highest BCUT2D eigenvalue weighted by atomic mass is 16.5. The molecular formula is C8H11NO2. The normalized spacial score (nSPS) is 24.2. The van der Waals surface area contributed by atoms with Crippen LogP contribution in [0.2, 0.25) is 0 Å². The van der Waals surface area contributed by atoms with E-state index in [1.54, 1.807) is 12.3 Å². The summed E-state index contributed by atoms with van der Waals surface area (Å²) in [6.07, 6.45) is 3.95. The summed E-state index contributed by atoms with van der Waals surface area (Å²) in [5, 5.41) is 12.2. The molecule has 2 N–H and O–H groups in total. The van der Waals surface area contributed by atoms with Crippen LogP contribution in [-0.2, 0) is 0 Å². The van der Waals surface area contributed by atoms with Crippen LogP contribution in [0.1, 0.15) is 24.4 Å². The lowest BCUT2D eigenvalue weighted by Crippen LogP contribution is -2.11. The maximum absolute atomic E-state index is 8.92. The van der Waals surface area contributed by atoms with Crippen molar-refractivity contribution in [2.45, 2.75) is 18.9 Å². The largest absolute Gasteiger partial charge is 0.481 e. The predicted molar refractivity (Wildman–Crippen MR) is 40.4 cm³/mol. The van der Waals surface area contributed by atoms with E-state index in [4.69, 9.17) is 9.52 Å². The Hall–Kier alpha value is -0.960. The van der Waals surface area contributed by atoms with Gasteiger partial charge in [-0.05, 0) is 19.4 Å². The maximum Gasteiger partial charge on any atom is 0.282 e. The maximum atomic E-state index is 8.92. The van der Waals surface area contributed by atoms with Crippen molar-refractivity contribution >= 4 is 0 Å². The van der Waals surface area contributed by atoms with Gasteiger partial charge in [-0.2, -0.15) is 0 Å². The monoisotopic (exact) mass is 153 g/mol. The lowest BCUT2D eigenvalue weighted by atomic mass is 10.1. The minimum Gasteiger partial charge on any atom is -0.481 e. The van der Waals surface area contributed by atoms with Crippen LogP contribution in [0.3, 0.4) is 0 Å². The molecule has 1 aliphatic heterocycles. The molecule has 60 valence electrons. The van der Waals surface area contributed by atoms with Crippen molar-refractivity contribution in [3.05, 3.63) is 17.9 Å². The van der Waals surface area contributed by atoms with Crippen molar-refractivity contribution in [1.29, 1.82) is 0 Å². The molecule has 1 saturated heterocycles. The Morgan fingerprint density at radius 3 is 3.09 bits per heavy atom. The van der Waals surface area contributed by atoms with Gasteiger partial charge < -0.3 is 14.8 Å². The summed E-state index contributed by atoms with van der Waals surface area (Å²) in [6.45, 7) is 1.07. The third-order valence-electron chi connectivity index (χ3n) is 2.07. The minimum absolute atomic E-state index is 0.00806. The molecule has 3 nitrogen and oxygen atoms in total. The lowest BCUT2D eigenvalue weighted by Gasteiger charge is -2.04. The highest BCUT2D eigenvalue weighted by Crippen LogP contribution is 2.26. The van der Waals surface area contributed by atoms with Gasteiger partial charge in [-0.25, -0.2) is 0 Å². The fourth-order valence-corrected chi connectivity index (χ4v) is 1.49. The number of hydrogen-bond acceptors (Lipinski definition) is 3. The van der Waals surface area contributed by atoms with Gasteiger partial charge in [-0.1, -0.05) is 0 Å². The Morgan fingerprint density at radius 2 is 2.55 bits per heavy atom. The minimum atomic E-state index is 0.00806. The standard InChI is InChI=1S/C8H11NO2/c10-8-4-6(5-11-8)7-2-1-3-9-7/h4-5,7,9-10H,1-3H2/t7-/m0/s1. The molecule has 0 radical (unpaired) electrons. The molecule has 2 rings (SSSR count). The van der Waals surface area contributed by atoms with Crippen molar-refractivity contribution in [3.8, 4) is 5.95 Å². The molecule has 1 aromatic heterocycles. The van der Waals surface area contributed by atoms with E-state index in [9.17, 15) is 0 Å². The van der Waals surface area contributed by atoms with Gasteiger partial charge in [0.05, 0.1) is 6.26 Å². The number of aromatic hydroxyl groups is 1. The number of nitrogens with one attached hydrogen (secondary N) is 1. The zero-order valence-corrected chi connectivity index (χ0v) is 6.21. The summed E-state index contributed by atoms with van der Waals surface area (Å²) in [4.78, 5) is 0. The molecule has 0 unspecified atom stereocenters. The van der Waals surface area contributed by atoms with Gasteiger partial charge in [-0.15, -0.1) is 0 Å². The summed E-state index contributed by atoms with van der Waals surface area (Å²) < 4.78 is 4.79. The van der Waals surface area contributed by atoms with Crippen molar-refractivity contribution in [2.24, 2.45) is 0 Å². The zero-order valence-electron chi connectivity index (χ0n) is 6.21. The Kier molecular flexibility index (Phi) is 1.58. The van der Waals surface area contributed by atoms with Gasteiger partial charge in [0.1, 0.15) is 0 Å². The third kappa shape index (κ3) is 1.24. The van der Waals surface area contributed by atoms with Crippen LogP contribution in [0, 0.1) is 0 Å². The van der Waals surface area contributed by atoms with Crippen LogP contribution < -0.4 is 5.32 Å². The van der Waals surface area contributed by atoms with Gasteiger partial charge in [-0.3, -0.25) is 0 Å². The van der Waals surface area contributed by atoms with E-state index in [2.05, 4.69) is 5.32 Å². The second-order valence-corrected chi connectivity index (χ2v) is 2.87. The molecule has 1 fully saturated rings. The van der Waals surface area contributed by atoms with E-state index in [1.807, 2.05) is 0 Å². The first kappa shape index (κ1) is 6.73. The predicted octanol–water partition coefficient (Wildman–Crippen LogP) is 1.41. The quantitative estimate of drug-likeness (QED) is 0.641. The summed E-state index contributed by atoms with van der Waals surface area (Å²) in [5.74, 6) is 0.00806. The van der Waals surface area contributed by atoms with Crippen LogP contribution in [0.15, 0.2) is 16.7 Å². The van der Waals surface area contributed by atoms with Gasteiger partial charge in [0.2, 0.25) is 0 Å². The second kappa shape index (κ2) is 2.58. The van der Waals surface area contributed by atoms with Crippen LogP contribution in [-0.4, -0.2) is 11.7 Å². The molecule has 1 atom stereocenters. The molecule has 0 bridgehead atoms. The molecule has 0 amide bonds. The molecule has 0 aliphatic carbocycles.